The third-order valence-electron chi connectivity index (χ3n) is 4.15. The molecule has 1 aromatic carbocycles. The van der Waals surface area contributed by atoms with Crippen LogP contribution in [0, 0.1) is 0 Å². The normalized spacial score (nSPS) is 16.2. The van der Waals surface area contributed by atoms with E-state index in [1.165, 1.54) is 43.6 Å². The van der Waals surface area contributed by atoms with Crippen LogP contribution in [0.2, 0.25) is 10.0 Å². The molecule has 1 aromatic heterocycles. The number of Topliss-reactive ketones (excluding diaryl/α,β-unsaturated/α-hetero) is 1. The average Bonchev–Trinajstić information content (AvgIpc) is 2.93. The Kier molecular flexibility index (Phi) is 6.56. The highest BCUT2D eigenvalue weighted by molar-refractivity contribution is 8.00. The Balaban J connectivity index is 1.69. The SMILES string of the molecule is CN1C(=O)CC(Sc2ncccc2C(=O)OCC(=O)c2ccc(Cl)cc2Cl)C1=O. The van der Waals surface area contributed by atoms with E-state index in [-0.39, 0.29) is 39.4 Å². The molecule has 1 atom stereocenters. The lowest BCUT2D eigenvalue weighted by atomic mass is 10.1. The highest BCUT2D eigenvalue weighted by Gasteiger charge is 2.37. The Bertz CT molecular complexity index is 1010. The number of likely N-dealkylation sites (tertiary alicyclic amines) is 1. The quantitative estimate of drug-likeness (QED) is 0.377. The van der Waals surface area contributed by atoms with Crippen LogP contribution in [-0.4, -0.2) is 52.4 Å². The molecule has 7 nitrogen and oxygen atoms in total. The van der Waals surface area contributed by atoms with Crippen LogP contribution < -0.4 is 0 Å². The molecule has 1 aliphatic heterocycles. The van der Waals surface area contributed by atoms with Crippen LogP contribution >= 0.6 is 35.0 Å². The van der Waals surface area contributed by atoms with Crippen molar-refractivity contribution in [2.24, 2.45) is 0 Å². The van der Waals surface area contributed by atoms with Gasteiger partial charge < -0.3 is 4.74 Å². The number of imide groups is 1. The van der Waals surface area contributed by atoms with E-state index in [2.05, 4.69) is 4.98 Å². The summed E-state index contributed by atoms with van der Waals surface area (Å²) in [4.78, 5) is 53.7. The molecular formula is C19H14Cl2N2O5S. The van der Waals surface area contributed by atoms with Crippen LogP contribution in [0.3, 0.4) is 0 Å². The molecule has 29 heavy (non-hydrogen) atoms. The predicted molar refractivity (Wildman–Crippen MR) is 107 cm³/mol. The topological polar surface area (TPSA) is 93.6 Å². The van der Waals surface area contributed by atoms with Gasteiger partial charge in [0, 0.05) is 30.3 Å². The van der Waals surface area contributed by atoms with Gasteiger partial charge in [-0.15, -0.1) is 0 Å². The molecule has 1 unspecified atom stereocenters. The summed E-state index contributed by atoms with van der Waals surface area (Å²) in [5.74, 6) is -1.91. The molecule has 0 bridgehead atoms. The number of esters is 1. The van der Waals surface area contributed by atoms with Crippen molar-refractivity contribution >= 4 is 58.5 Å². The number of aromatic nitrogens is 1. The summed E-state index contributed by atoms with van der Waals surface area (Å²) in [6.07, 6.45) is 1.49. The van der Waals surface area contributed by atoms with E-state index in [0.29, 0.717) is 5.02 Å². The number of rotatable bonds is 6. The number of pyridine rings is 1. The maximum absolute atomic E-state index is 12.5. The maximum atomic E-state index is 12.5. The van der Waals surface area contributed by atoms with Crippen LogP contribution in [0.5, 0.6) is 0 Å². The number of carbonyl (C=O) groups excluding carboxylic acids is 4. The number of benzene rings is 1. The zero-order valence-electron chi connectivity index (χ0n) is 15.1. The maximum Gasteiger partial charge on any atom is 0.341 e. The van der Waals surface area contributed by atoms with Gasteiger partial charge in [-0.3, -0.25) is 19.3 Å². The second kappa shape index (κ2) is 8.94. The van der Waals surface area contributed by atoms with Gasteiger partial charge in [-0.05, 0) is 30.3 Å². The van der Waals surface area contributed by atoms with E-state index < -0.39 is 23.6 Å². The summed E-state index contributed by atoms with van der Waals surface area (Å²) in [6, 6.07) is 7.39. The smallest absolute Gasteiger partial charge is 0.341 e. The average molecular weight is 453 g/mol. The first-order chi connectivity index (χ1) is 13.8. The summed E-state index contributed by atoms with van der Waals surface area (Å²) in [6.45, 7) is -0.525. The third kappa shape index (κ3) is 4.77. The van der Waals surface area contributed by atoms with E-state index >= 15 is 0 Å². The van der Waals surface area contributed by atoms with Gasteiger partial charge >= 0.3 is 5.97 Å². The van der Waals surface area contributed by atoms with Crippen molar-refractivity contribution < 1.29 is 23.9 Å². The second-order valence-corrected chi connectivity index (χ2v) is 8.12. The summed E-state index contributed by atoms with van der Waals surface area (Å²) in [5, 5.41) is 0.121. The number of ether oxygens (including phenoxy) is 1. The van der Waals surface area contributed by atoms with Crippen molar-refractivity contribution in [2.75, 3.05) is 13.7 Å². The predicted octanol–water partition coefficient (Wildman–Crippen LogP) is 3.28. The number of amides is 2. The third-order valence-corrected chi connectivity index (χ3v) is 5.90. The van der Waals surface area contributed by atoms with Crippen molar-refractivity contribution in [2.45, 2.75) is 16.7 Å². The molecule has 10 heteroatoms. The monoisotopic (exact) mass is 452 g/mol. The summed E-state index contributed by atoms with van der Waals surface area (Å²) >= 11 is 12.8. The number of halogens is 2. The molecule has 0 spiro atoms. The van der Waals surface area contributed by atoms with Gasteiger partial charge in [0.1, 0.15) is 5.03 Å². The first-order valence-corrected chi connectivity index (χ1v) is 9.99. The highest BCUT2D eigenvalue weighted by Crippen LogP contribution is 2.32. The van der Waals surface area contributed by atoms with Gasteiger partial charge in [-0.1, -0.05) is 35.0 Å². The van der Waals surface area contributed by atoms with Crippen molar-refractivity contribution in [3.8, 4) is 0 Å². The fourth-order valence-corrected chi connectivity index (χ4v) is 4.26. The Morgan fingerprint density at radius 3 is 2.66 bits per heavy atom. The molecule has 1 aliphatic rings. The zero-order valence-corrected chi connectivity index (χ0v) is 17.4. The molecule has 1 fully saturated rings. The van der Waals surface area contributed by atoms with Gasteiger partial charge in [-0.25, -0.2) is 9.78 Å². The molecule has 2 heterocycles. The number of ketones is 1. The Morgan fingerprint density at radius 1 is 1.24 bits per heavy atom. The van der Waals surface area contributed by atoms with Gasteiger partial charge in [-0.2, -0.15) is 0 Å². The zero-order chi connectivity index (χ0) is 21.1. The van der Waals surface area contributed by atoms with E-state index in [0.717, 1.165) is 16.7 Å². The van der Waals surface area contributed by atoms with Gasteiger partial charge in [0.2, 0.25) is 17.6 Å². The van der Waals surface area contributed by atoms with Crippen LogP contribution in [0.25, 0.3) is 0 Å². The molecule has 0 N–H and O–H groups in total. The fourth-order valence-electron chi connectivity index (χ4n) is 2.59. The molecule has 150 valence electrons. The Hall–Kier alpha value is -2.42. The molecule has 2 amide bonds. The van der Waals surface area contributed by atoms with Gasteiger partial charge in [0.25, 0.3) is 0 Å². The first kappa shape index (κ1) is 21.3. The fraction of sp³-hybridized carbons (Fsp3) is 0.211. The molecule has 2 aromatic rings. The lowest BCUT2D eigenvalue weighted by molar-refractivity contribution is -0.136. The van der Waals surface area contributed by atoms with Crippen LogP contribution in [0.15, 0.2) is 41.6 Å². The molecule has 3 rings (SSSR count). The molecular weight excluding hydrogens is 439 g/mol. The van der Waals surface area contributed by atoms with Crippen molar-refractivity contribution in [1.29, 1.82) is 0 Å². The molecule has 0 saturated carbocycles. The molecule has 0 aliphatic carbocycles. The first-order valence-electron chi connectivity index (χ1n) is 8.35. The second-order valence-electron chi connectivity index (χ2n) is 6.08. The lowest BCUT2D eigenvalue weighted by Gasteiger charge is -2.11. The van der Waals surface area contributed by atoms with E-state index in [1.54, 1.807) is 0 Å². The lowest BCUT2D eigenvalue weighted by Crippen LogP contribution is -2.26. The minimum absolute atomic E-state index is 0.0264. The van der Waals surface area contributed by atoms with E-state index in [1.807, 2.05) is 0 Å². The van der Waals surface area contributed by atoms with E-state index in [4.69, 9.17) is 27.9 Å². The van der Waals surface area contributed by atoms with Crippen LogP contribution in [0.1, 0.15) is 27.1 Å². The van der Waals surface area contributed by atoms with Crippen molar-refractivity contribution in [3.05, 3.63) is 57.7 Å². The number of nitrogens with zero attached hydrogens (tertiary/aromatic N) is 2. The number of carbonyl (C=O) groups is 4. The standard InChI is InChI=1S/C19H14Cl2N2O5S/c1-23-16(25)8-15(18(23)26)29-17-12(3-2-6-22-17)19(27)28-9-14(24)11-5-4-10(20)7-13(11)21/h2-7,15H,8-9H2,1H3. The Labute approximate surface area is 180 Å². The number of hydrogen-bond donors (Lipinski definition) is 0. The van der Waals surface area contributed by atoms with Crippen molar-refractivity contribution in [3.63, 3.8) is 0 Å². The van der Waals surface area contributed by atoms with Gasteiger partial charge in [0.05, 0.1) is 15.8 Å². The highest BCUT2D eigenvalue weighted by atomic mass is 35.5. The van der Waals surface area contributed by atoms with Gasteiger partial charge in [0.15, 0.2) is 6.61 Å². The Morgan fingerprint density at radius 2 is 2.00 bits per heavy atom. The molecule has 1 saturated heterocycles. The van der Waals surface area contributed by atoms with Crippen LogP contribution in [0.4, 0.5) is 0 Å². The minimum Gasteiger partial charge on any atom is -0.454 e. The summed E-state index contributed by atoms with van der Waals surface area (Å²) < 4.78 is 5.11. The largest absolute Gasteiger partial charge is 0.454 e. The summed E-state index contributed by atoms with van der Waals surface area (Å²) in [7, 11) is 1.41. The van der Waals surface area contributed by atoms with Crippen LogP contribution in [-0.2, 0) is 14.3 Å². The van der Waals surface area contributed by atoms with E-state index in [9.17, 15) is 19.2 Å². The molecule has 0 radical (unpaired) electrons. The number of thioether (sulfide) groups is 1. The summed E-state index contributed by atoms with van der Waals surface area (Å²) in [5.41, 5.74) is 0.282. The minimum atomic E-state index is -0.774. The number of hydrogen-bond acceptors (Lipinski definition) is 7. The van der Waals surface area contributed by atoms with Crippen molar-refractivity contribution in [1.82, 2.24) is 9.88 Å².